The predicted molar refractivity (Wildman–Crippen MR) is 132 cm³/mol. The summed E-state index contributed by atoms with van der Waals surface area (Å²) in [7, 11) is 0. The summed E-state index contributed by atoms with van der Waals surface area (Å²) in [6, 6.07) is 12.4. The van der Waals surface area contributed by atoms with Gasteiger partial charge in [-0.2, -0.15) is 0 Å². The number of nitrogens with zero attached hydrogens (tertiary/aromatic N) is 3. The van der Waals surface area contributed by atoms with Crippen molar-refractivity contribution in [1.29, 1.82) is 0 Å². The highest BCUT2D eigenvalue weighted by molar-refractivity contribution is 6.05. The summed E-state index contributed by atoms with van der Waals surface area (Å²) in [5.74, 6) is -0.194. The second-order valence-electron chi connectivity index (χ2n) is 8.35. The van der Waals surface area contributed by atoms with E-state index in [0.717, 1.165) is 28.9 Å². The first-order valence-electron chi connectivity index (χ1n) is 11.4. The molecule has 0 saturated heterocycles. The maximum atomic E-state index is 13.8. The molecule has 1 aromatic carbocycles. The normalized spacial score (nSPS) is 11.8. The highest BCUT2D eigenvalue weighted by Gasteiger charge is 2.33. The summed E-state index contributed by atoms with van der Waals surface area (Å²) in [6.07, 6.45) is 5.99. The Hall–Kier alpha value is -3.54. The van der Waals surface area contributed by atoms with E-state index in [2.05, 4.69) is 36.1 Å². The number of carbonyl (C=O) groups excluding carboxylic acids is 2. The Labute approximate surface area is 196 Å². The molecule has 1 N–H and O–H groups in total. The zero-order valence-electron chi connectivity index (χ0n) is 20.0. The summed E-state index contributed by atoms with van der Waals surface area (Å²) in [5, 5.41) is 3.11. The maximum absolute atomic E-state index is 13.8. The van der Waals surface area contributed by atoms with Crippen molar-refractivity contribution in [3.8, 4) is 0 Å². The van der Waals surface area contributed by atoms with Gasteiger partial charge in [0.15, 0.2) is 0 Å². The second kappa shape index (κ2) is 10.9. The van der Waals surface area contributed by atoms with Crippen LogP contribution in [0, 0.1) is 6.92 Å². The Morgan fingerprint density at radius 3 is 2.39 bits per heavy atom. The van der Waals surface area contributed by atoms with E-state index in [1.54, 1.807) is 31.6 Å². The number of aryl methyl sites for hydroxylation is 2. The number of nitrogens with one attached hydrogen (secondary N) is 1. The molecule has 6 heteroatoms. The molecular formula is C27H32N4O2. The number of para-hydroxylation sites is 1. The van der Waals surface area contributed by atoms with Crippen molar-refractivity contribution in [2.75, 3.05) is 10.2 Å². The Kier molecular flexibility index (Phi) is 7.93. The van der Waals surface area contributed by atoms with Gasteiger partial charge in [-0.1, -0.05) is 52.0 Å². The van der Waals surface area contributed by atoms with Crippen LogP contribution in [0.3, 0.4) is 0 Å². The lowest BCUT2D eigenvalue weighted by atomic mass is 10.0. The minimum absolute atomic E-state index is 0.168. The van der Waals surface area contributed by atoms with Crippen molar-refractivity contribution in [3.63, 3.8) is 0 Å². The molecule has 2 aromatic heterocycles. The quantitative estimate of drug-likeness (QED) is 0.491. The topological polar surface area (TPSA) is 75.2 Å². The molecule has 0 radical (unpaired) electrons. The average molecular weight is 445 g/mol. The molecule has 33 heavy (non-hydrogen) atoms. The first-order chi connectivity index (χ1) is 15.9. The number of hydrogen-bond acceptors (Lipinski definition) is 4. The van der Waals surface area contributed by atoms with Gasteiger partial charge in [0.1, 0.15) is 6.04 Å². The van der Waals surface area contributed by atoms with Crippen LogP contribution < -0.4 is 10.2 Å². The first-order valence-corrected chi connectivity index (χ1v) is 11.4. The molecule has 0 spiro atoms. The van der Waals surface area contributed by atoms with Gasteiger partial charge in [0.25, 0.3) is 5.91 Å². The maximum Gasteiger partial charge on any atom is 0.252 e. The smallest absolute Gasteiger partial charge is 0.252 e. The Balaban J connectivity index is 2.10. The van der Waals surface area contributed by atoms with Gasteiger partial charge in [-0.25, -0.2) is 0 Å². The van der Waals surface area contributed by atoms with E-state index in [-0.39, 0.29) is 24.2 Å². The average Bonchev–Trinajstić information content (AvgIpc) is 2.83. The van der Waals surface area contributed by atoms with E-state index in [0.29, 0.717) is 11.3 Å². The Morgan fingerprint density at radius 2 is 1.82 bits per heavy atom. The third kappa shape index (κ3) is 5.45. The lowest BCUT2D eigenvalue weighted by Crippen LogP contribution is -2.41. The van der Waals surface area contributed by atoms with Crippen LogP contribution in [0.4, 0.5) is 11.4 Å². The summed E-state index contributed by atoms with van der Waals surface area (Å²) < 4.78 is 0. The standard InChI is InChI=1S/C27H32N4O2/c1-6-20-11-8-10-19(5)25(20)30-27(33)26(21-12-9-15-28-16-21)31(24(32)7-2)22-13-14-23(18(3)4)29-17-22/h8-18,26H,6-7H2,1-5H3,(H,30,33)/t26-/m1/s1. The summed E-state index contributed by atoms with van der Waals surface area (Å²) >= 11 is 0. The number of rotatable bonds is 8. The molecule has 0 aliphatic heterocycles. The molecule has 0 fully saturated rings. The zero-order chi connectivity index (χ0) is 24.0. The highest BCUT2D eigenvalue weighted by Crippen LogP contribution is 2.31. The molecule has 3 rings (SSSR count). The Bertz CT molecular complexity index is 1090. The lowest BCUT2D eigenvalue weighted by Gasteiger charge is -2.31. The summed E-state index contributed by atoms with van der Waals surface area (Å²) in [6.45, 7) is 9.95. The Morgan fingerprint density at radius 1 is 1.03 bits per heavy atom. The van der Waals surface area contributed by atoms with E-state index in [9.17, 15) is 9.59 Å². The van der Waals surface area contributed by atoms with E-state index in [4.69, 9.17) is 0 Å². The fraction of sp³-hybridized carbons (Fsp3) is 0.333. The van der Waals surface area contributed by atoms with E-state index in [1.807, 2.05) is 43.3 Å². The van der Waals surface area contributed by atoms with Crippen LogP contribution in [0.25, 0.3) is 0 Å². The number of carbonyl (C=O) groups is 2. The minimum atomic E-state index is -0.887. The van der Waals surface area contributed by atoms with Gasteiger partial charge in [-0.05, 0) is 48.6 Å². The molecular weight excluding hydrogens is 412 g/mol. The van der Waals surface area contributed by atoms with Crippen LogP contribution in [0.2, 0.25) is 0 Å². The van der Waals surface area contributed by atoms with Crippen LogP contribution >= 0.6 is 0 Å². The van der Waals surface area contributed by atoms with Crippen molar-refractivity contribution < 1.29 is 9.59 Å². The van der Waals surface area contributed by atoms with Crippen molar-refractivity contribution in [2.24, 2.45) is 0 Å². The molecule has 0 bridgehead atoms. The molecule has 6 nitrogen and oxygen atoms in total. The summed E-state index contributed by atoms with van der Waals surface area (Å²) in [5.41, 5.74) is 4.95. The van der Waals surface area contributed by atoms with Gasteiger partial charge in [-0.15, -0.1) is 0 Å². The second-order valence-corrected chi connectivity index (χ2v) is 8.35. The van der Waals surface area contributed by atoms with E-state index < -0.39 is 6.04 Å². The van der Waals surface area contributed by atoms with Crippen LogP contribution in [-0.4, -0.2) is 21.8 Å². The monoisotopic (exact) mass is 444 g/mol. The van der Waals surface area contributed by atoms with E-state index >= 15 is 0 Å². The number of hydrogen-bond donors (Lipinski definition) is 1. The summed E-state index contributed by atoms with van der Waals surface area (Å²) in [4.78, 5) is 37.3. The van der Waals surface area contributed by atoms with E-state index in [1.165, 1.54) is 4.90 Å². The molecule has 0 aliphatic rings. The SMILES string of the molecule is CCC(=O)N(c1ccc(C(C)C)nc1)[C@@H](C(=O)Nc1c(C)cccc1CC)c1cccnc1. The largest absolute Gasteiger partial charge is 0.323 e. The third-order valence-corrected chi connectivity index (χ3v) is 5.71. The number of benzene rings is 1. The zero-order valence-corrected chi connectivity index (χ0v) is 20.0. The lowest BCUT2D eigenvalue weighted by molar-refractivity contribution is -0.123. The molecule has 0 aliphatic carbocycles. The molecule has 1 atom stereocenters. The highest BCUT2D eigenvalue weighted by atomic mass is 16.2. The number of amides is 2. The number of aromatic nitrogens is 2. The molecule has 2 amide bonds. The molecule has 0 unspecified atom stereocenters. The van der Waals surface area contributed by atoms with Crippen LogP contribution in [0.1, 0.15) is 68.5 Å². The van der Waals surface area contributed by atoms with Crippen LogP contribution in [0.5, 0.6) is 0 Å². The molecule has 3 aromatic rings. The van der Waals surface area contributed by atoms with Crippen molar-refractivity contribution in [2.45, 2.75) is 59.4 Å². The van der Waals surface area contributed by atoms with Gasteiger partial charge >= 0.3 is 0 Å². The first kappa shape index (κ1) is 24.1. The minimum Gasteiger partial charge on any atom is -0.323 e. The molecule has 2 heterocycles. The van der Waals surface area contributed by atoms with Gasteiger partial charge in [0.2, 0.25) is 5.91 Å². The van der Waals surface area contributed by atoms with Crippen LogP contribution in [-0.2, 0) is 16.0 Å². The fourth-order valence-corrected chi connectivity index (χ4v) is 3.84. The molecule has 172 valence electrons. The van der Waals surface area contributed by atoms with Gasteiger partial charge < -0.3 is 5.32 Å². The number of pyridine rings is 2. The van der Waals surface area contributed by atoms with Crippen molar-refractivity contribution >= 4 is 23.2 Å². The van der Waals surface area contributed by atoms with Crippen molar-refractivity contribution in [3.05, 3.63) is 83.4 Å². The third-order valence-electron chi connectivity index (χ3n) is 5.71. The van der Waals surface area contributed by atoms with Gasteiger partial charge in [0, 0.05) is 35.8 Å². The van der Waals surface area contributed by atoms with Crippen LogP contribution in [0.15, 0.2) is 61.1 Å². The predicted octanol–water partition coefficient (Wildman–Crippen LogP) is 5.59. The fourth-order valence-electron chi connectivity index (χ4n) is 3.84. The van der Waals surface area contributed by atoms with Gasteiger partial charge in [0.05, 0.1) is 11.9 Å². The van der Waals surface area contributed by atoms with Crippen molar-refractivity contribution in [1.82, 2.24) is 9.97 Å². The molecule has 0 saturated carbocycles. The van der Waals surface area contributed by atoms with Gasteiger partial charge in [-0.3, -0.25) is 24.5 Å². The number of anilines is 2.